The second-order valence-corrected chi connectivity index (χ2v) is 4.34. The van der Waals surface area contributed by atoms with Crippen LogP contribution in [0.1, 0.15) is 25.5 Å². The molecule has 2 heterocycles. The molecule has 0 radical (unpaired) electrons. The number of nitrogens with zero attached hydrogens (tertiary/aromatic N) is 1. The highest BCUT2D eigenvalue weighted by atomic mass is 32.1. The second-order valence-electron chi connectivity index (χ2n) is 3.43. The highest BCUT2D eigenvalue weighted by Gasteiger charge is 2.06. The standard InChI is InChI=1S/C10H12N2S/c1-6(2)9-5-7(11)10-8(12-9)3-4-13-10/h3-6H,1-2H3,(H2,11,12). The minimum Gasteiger partial charge on any atom is -0.397 e. The first kappa shape index (κ1) is 8.51. The van der Waals surface area contributed by atoms with E-state index in [1.165, 1.54) is 0 Å². The van der Waals surface area contributed by atoms with Crippen molar-refractivity contribution < 1.29 is 0 Å². The topological polar surface area (TPSA) is 38.9 Å². The molecule has 0 amide bonds. The maximum Gasteiger partial charge on any atom is 0.0834 e. The van der Waals surface area contributed by atoms with Crippen molar-refractivity contribution in [3.05, 3.63) is 23.2 Å². The lowest BCUT2D eigenvalue weighted by Crippen LogP contribution is -1.95. The molecule has 0 aromatic carbocycles. The summed E-state index contributed by atoms with van der Waals surface area (Å²) < 4.78 is 1.10. The van der Waals surface area contributed by atoms with Gasteiger partial charge in [-0.25, -0.2) is 0 Å². The number of nitrogen functional groups attached to an aromatic ring is 1. The highest BCUT2D eigenvalue weighted by molar-refractivity contribution is 7.17. The number of aromatic nitrogens is 1. The minimum absolute atomic E-state index is 0.437. The Bertz CT molecular complexity index is 431. The van der Waals surface area contributed by atoms with Crippen LogP contribution in [0.3, 0.4) is 0 Å². The van der Waals surface area contributed by atoms with Gasteiger partial charge in [0.15, 0.2) is 0 Å². The predicted molar refractivity (Wildman–Crippen MR) is 58.1 cm³/mol. The molecule has 0 saturated carbocycles. The molecule has 0 aliphatic carbocycles. The van der Waals surface area contributed by atoms with Gasteiger partial charge in [0.1, 0.15) is 0 Å². The molecule has 0 bridgehead atoms. The van der Waals surface area contributed by atoms with E-state index in [1.807, 2.05) is 17.5 Å². The molecule has 2 aromatic heterocycles. The van der Waals surface area contributed by atoms with E-state index in [4.69, 9.17) is 5.73 Å². The first-order valence-corrected chi connectivity index (χ1v) is 5.20. The lowest BCUT2D eigenvalue weighted by molar-refractivity contribution is 0.831. The molecule has 2 N–H and O–H groups in total. The molecule has 13 heavy (non-hydrogen) atoms. The van der Waals surface area contributed by atoms with Crippen LogP contribution >= 0.6 is 11.3 Å². The summed E-state index contributed by atoms with van der Waals surface area (Å²) in [5, 5.41) is 2.03. The Morgan fingerprint density at radius 3 is 2.92 bits per heavy atom. The third kappa shape index (κ3) is 1.40. The second kappa shape index (κ2) is 3.00. The fourth-order valence-electron chi connectivity index (χ4n) is 1.30. The zero-order chi connectivity index (χ0) is 9.42. The van der Waals surface area contributed by atoms with E-state index in [2.05, 4.69) is 18.8 Å². The maximum absolute atomic E-state index is 5.91. The number of anilines is 1. The number of rotatable bonds is 1. The number of pyridine rings is 1. The summed E-state index contributed by atoms with van der Waals surface area (Å²) in [6.07, 6.45) is 0. The highest BCUT2D eigenvalue weighted by Crippen LogP contribution is 2.27. The Labute approximate surface area is 81.4 Å². The van der Waals surface area contributed by atoms with Gasteiger partial charge in [-0.1, -0.05) is 13.8 Å². The van der Waals surface area contributed by atoms with Crippen LogP contribution in [0.25, 0.3) is 10.2 Å². The summed E-state index contributed by atoms with van der Waals surface area (Å²) in [5.41, 5.74) is 8.85. The molecule has 68 valence electrons. The van der Waals surface area contributed by atoms with Crippen molar-refractivity contribution in [2.75, 3.05) is 5.73 Å². The third-order valence-electron chi connectivity index (χ3n) is 2.05. The molecule has 3 heteroatoms. The van der Waals surface area contributed by atoms with E-state index < -0.39 is 0 Å². The molecule has 0 saturated heterocycles. The van der Waals surface area contributed by atoms with E-state index >= 15 is 0 Å². The van der Waals surface area contributed by atoms with E-state index in [-0.39, 0.29) is 0 Å². The molecule has 2 rings (SSSR count). The van der Waals surface area contributed by atoms with Crippen molar-refractivity contribution in [2.24, 2.45) is 0 Å². The molecule has 2 nitrogen and oxygen atoms in total. The van der Waals surface area contributed by atoms with Crippen LogP contribution in [-0.4, -0.2) is 4.98 Å². The Kier molecular flexibility index (Phi) is 1.96. The average molecular weight is 192 g/mol. The molecule has 2 aromatic rings. The van der Waals surface area contributed by atoms with Gasteiger partial charge < -0.3 is 5.73 Å². The fraction of sp³-hybridized carbons (Fsp3) is 0.300. The number of thiophene rings is 1. The van der Waals surface area contributed by atoms with Crippen molar-refractivity contribution in [1.82, 2.24) is 4.98 Å². The maximum atomic E-state index is 5.91. The predicted octanol–water partition coefficient (Wildman–Crippen LogP) is 3.00. The van der Waals surface area contributed by atoms with Crippen molar-refractivity contribution in [3.8, 4) is 0 Å². The van der Waals surface area contributed by atoms with Crippen molar-refractivity contribution in [2.45, 2.75) is 19.8 Å². The Morgan fingerprint density at radius 1 is 1.46 bits per heavy atom. The SMILES string of the molecule is CC(C)c1cc(N)c2sccc2n1. The molecule has 0 atom stereocenters. The normalized spacial score (nSPS) is 11.3. The average Bonchev–Trinajstić information content (AvgIpc) is 2.51. The van der Waals surface area contributed by atoms with Gasteiger partial charge in [0.2, 0.25) is 0 Å². The Hall–Kier alpha value is -1.09. The number of hydrogen-bond acceptors (Lipinski definition) is 3. The summed E-state index contributed by atoms with van der Waals surface area (Å²) >= 11 is 1.65. The number of fused-ring (bicyclic) bond motifs is 1. The molecule has 0 unspecified atom stereocenters. The molecular formula is C10H12N2S. The molecule has 0 spiro atoms. The number of nitrogens with two attached hydrogens (primary N) is 1. The quantitative estimate of drug-likeness (QED) is 0.754. The van der Waals surface area contributed by atoms with Gasteiger partial charge in [-0.2, -0.15) is 0 Å². The van der Waals surface area contributed by atoms with Gasteiger partial charge in [0.05, 0.1) is 15.9 Å². The van der Waals surface area contributed by atoms with Gasteiger partial charge in [-0.15, -0.1) is 11.3 Å². The zero-order valence-corrected chi connectivity index (χ0v) is 8.56. The van der Waals surface area contributed by atoms with E-state index in [1.54, 1.807) is 11.3 Å². The summed E-state index contributed by atoms with van der Waals surface area (Å²) in [4.78, 5) is 4.53. The van der Waals surface area contributed by atoms with Gasteiger partial charge >= 0.3 is 0 Å². The van der Waals surface area contributed by atoms with Crippen LogP contribution in [0.4, 0.5) is 5.69 Å². The molecule has 0 aliphatic heterocycles. The Morgan fingerprint density at radius 2 is 2.23 bits per heavy atom. The van der Waals surface area contributed by atoms with Crippen molar-refractivity contribution in [3.63, 3.8) is 0 Å². The van der Waals surface area contributed by atoms with Crippen molar-refractivity contribution in [1.29, 1.82) is 0 Å². The summed E-state index contributed by atoms with van der Waals surface area (Å²) in [6.45, 7) is 4.25. The van der Waals surface area contributed by atoms with Gasteiger partial charge in [0.25, 0.3) is 0 Å². The van der Waals surface area contributed by atoms with E-state index in [0.717, 1.165) is 21.6 Å². The molecule has 0 aliphatic rings. The van der Waals surface area contributed by atoms with Gasteiger partial charge in [-0.3, -0.25) is 4.98 Å². The molecule has 0 fully saturated rings. The monoisotopic (exact) mass is 192 g/mol. The van der Waals surface area contributed by atoms with E-state index in [0.29, 0.717) is 5.92 Å². The summed E-state index contributed by atoms with van der Waals surface area (Å²) in [6, 6.07) is 3.99. The number of hydrogen-bond donors (Lipinski definition) is 1. The van der Waals surface area contributed by atoms with Gasteiger partial charge in [-0.05, 0) is 23.4 Å². The fourth-order valence-corrected chi connectivity index (χ4v) is 2.06. The van der Waals surface area contributed by atoms with Crippen LogP contribution in [-0.2, 0) is 0 Å². The Balaban J connectivity index is 2.70. The van der Waals surface area contributed by atoms with Crippen LogP contribution < -0.4 is 5.73 Å². The first-order chi connectivity index (χ1) is 6.18. The minimum atomic E-state index is 0.437. The lowest BCUT2D eigenvalue weighted by Gasteiger charge is -2.05. The smallest absolute Gasteiger partial charge is 0.0834 e. The van der Waals surface area contributed by atoms with Crippen LogP contribution in [0.5, 0.6) is 0 Å². The molecular weight excluding hydrogens is 180 g/mol. The van der Waals surface area contributed by atoms with Crippen molar-refractivity contribution >= 4 is 27.2 Å². The van der Waals surface area contributed by atoms with E-state index in [9.17, 15) is 0 Å². The van der Waals surface area contributed by atoms with Crippen LogP contribution in [0, 0.1) is 0 Å². The third-order valence-corrected chi connectivity index (χ3v) is 3.00. The van der Waals surface area contributed by atoms with Gasteiger partial charge in [0, 0.05) is 5.69 Å². The summed E-state index contributed by atoms with van der Waals surface area (Å²) in [7, 11) is 0. The van der Waals surface area contributed by atoms with Crippen LogP contribution in [0.2, 0.25) is 0 Å². The largest absolute Gasteiger partial charge is 0.397 e. The lowest BCUT2D eigenvalue weighted by atomic mass is 10.1. The zero-order valence-electron chi connectivity index (χ0n) is 7.74. The van der Waals surface area contributed by atoms with Crippen LogP contribution in [0.15, 0.2) is 17.5 Å². The first-order valence-electron chi connectivity index (χ1n) is 4.32. The summed E-state index contributed by atoms with van der Waals surface area (Å²) in [5.74, 6) is 0.437.